The molecule has 7 heteroatoms. The lowest BCUT2D eigenvalue weighted by Gasteiger charge is -2.09. The Morgan fingerprint density at radius 1 is 1.21 bits per heavy atom. The molecular formula is C12H10N2O4S. The highest BCUT2D eigenvalue weighted by atomic mass is 32.2. The van der Waals surface area contributed by atoms with Crippen molar-refractivity contribution < 1.29 is 17.3 Å². The second-order valence-electron chi connectivity index (χ2n) is 3.94. The van der Waals surface area contributed by atoms with Crippen molar-refractivity contribution >= 4 is 10.1 Å². The lowest BCUT2D eigenvalue weighted by molar-refractivity contribution is 0.344. The Balaban J connectivity index is 1.96. The van der Waals surface area contributed by atoms with Gasteiger partial charge in [-0.25, -0.2) is 0 Å². The SMILES string of the molecule is O=S(=O)(Oc1cccc2c1OCC2)c1cccnn1. The molecule has 1 aliphatic heterocycles. The first-order valence-electron chi connectivity index (χ1n) is 5.64. The van der Waals surface area contributed by atoms with Gasteiger partial charge in [-0.15, -0.1) is 5.10 Å². The van der Waals surface area contributed by atoms with Crippen LogP contribution in [-0.2, 0) is 16.5 Å². The summed E-state index contributed by atoms with van der Waals surface area (Å²) >= 11 is 0. The zero-order valence-corrected chi connectivity index (χ0v) is 10.6. The van der Waals surface area contributed by atoms with Crippen LogP contribution in [0.25, 0.3) is 0 Å². The molecule has 2 heterocycles. The lowest BCUT2D eigenvalue weighted by Crippen LogP contribution is -2.12. The molecule has 0 saturated carbocycles. The third-order valence-electron chi connectivity index (χ3n) is 2.68. The van der Waals surface area contributed by atoms with Crippen molar-refractivity contribution in [2.24, 2.45) is 0 Å². The monoisotopic (exact) mass is 278 g/mol. The Labute approximate surface area is 110 Å². The molecule has 2 aromatic rings. The molecule has 0 bridgehead atoms. The number of benzene rings is 1. The van der Waals surface area contributed by atoms with Gasteiger partial charge in [0.1, 0.15) is 0 Å². The Bertz CT molecular complexity index is 701. The van der Waals surface area contributed by atoms with Crippen molar-refractivity contribution in [3.05, 3.63) is 42.1 Å². The number of ether oxygens (including phenoxy) is 1. The number of para-hydroxylation sites is 1. The summed E-state index contributed by atoms with van der Waals surface area (Å²) in [6.45, 7) is 0.529. The smallest absolute Gasteiger partial charge is 0.358 e. The average molecular weight is 278 g/mol. The van der Waals surface area contributed by atoms with Crippen LogP contribution in [0.3, 0.4) is 0 Å². The predicted molar refractivity (Wildman–Crippen MR) is 65.5 cm³/mol. The van der Waals surface area contributed by atoms with Crippen molar-refractivity contribution in [2.45, 2.75) is 11.4 Å². The quantitative estimate of drug-likeness (QED) is 0.784. The molecular weight excluding hydrogens is 268 g/mol. The van der Waals surface area contributed by atoms with Gasteiger partial charge in [0.25, 0.3) is 0 Å². The summed E-state index contributed by atoms with van der Waals surface area (Å²) in [6.07, 6.45) is 2.14. The van der Waals surface area contributed by atoms with Gasteiger partial charge in [0.2, 0.25) is 5.03 Å². The molecule has 3 rings (SSSR count). The second kappa shape index (κ2) is 4.51. The summed E-state index contributed by atoms with van der Waals surface area (Å²) in [4.78, 5) is 0. The van der Waals surface area contributed by atoms with Gasteiger partial charge >= 0.3 is 10.1 Å². The zero-order valence-electron chi connectivity index (χ0n) is 9.81. The average Bonchev–Trinajstić information content (AvgIpc) is 2.89. The summed E-state index contributed by atoms with van der Waals surface area (Å²) in [5, 5.41) is 6.83. The van der Waals surface area contributed by atoms with Crippen molar-refractivity contribution in [3.63, 3.8) is 0 Å². The molecule has 1 aliphatic rings. The van der Waals surface area contributed by atoms with E-state index in [0.29, 0.717) is 12.4 Å². The molecule has 1 aromatic carbocycles. The number of aromatic nitrogens is 2. The Morgan fingerprint density at radius 2 is 2.11 bits per heavy atom. The zero-order chi connectivity index (χ0) is 13.3. The summed E-state index contributed by atoms with van der Waals surface area (Å²) in [7, 11) is -3.99. The molecule has 0 spiro atoms. The van der Waals surface area contributed by atoms with E-state index in [9.17, 15) is 8.42 Å². The van der Waals surface area contributed by atoms with Crippen molar-refractivity contribution in [3.8, 4) is 11.5 Å². The number of nitrogens with zero attached hydrogens (tertiary/aromatic N) is 2. The van der Waals surface area contributed by atoms with Crippen LogP contribution in [0, 0.1) is 0 Å². The van der Waals surface area contributed by atoms with Crippen LogP contribution in [0.2, 0.25) is 0 Å². The molecule has 0 aliphatic carbocycles. The van der Waals surface area contributed by atoms with E-state index in [0.717, 1.165) is 12.0 Å². The minimum atomic E-state index is -3.99. The molecule has 0 atom stereocenters. The maximum absolute atomic E-state index is 12.0. The van der Waals surface area contributed by atoms with Gasteiger partial charge in [-0.2, -0.15) is 13.5 Å². The molecule has 98 valence electrons. The van der Waals surface area contributed by atoms with Crippen molar-refractivity contribution in [2.75, 3.05) is 6.61 Å². The van der Waals surface area contributed by atoms with E-state index in [1.165, 1.54) is 18.3 Å². The van der Waals surface area contributed by atoms with E-state index in [1.54, 1.807) is 12.1 Å². The van der Waals surface area contributed by atoms with Crippen LogP contribution in [0.4, 0.5) is 0 Å². The third-order valence-corrected chi connectivity index (χ3v) is 3.81. The van der Waals surface area contributed by atoms with Gasteiger partial charge < -0.3 is 8.92 Å². The summed E-state index contributed by atoms with van der Waals surface area (Å²) in [5.41, 5.74) is 0.937. The van der Waals surface area contributed by atoms with Gasteiger partial charge in [-0.3, -0.25) is 0 Å². The third kappa shape index (κ3) is 2.24. The van der Waals surface area contributed by atoms with Gasteiger partial charge in [0.05, 0.1) is 6.61 Å². The summed E-state index contributed by atoms with van der Waals surface area (Å²) < 4.78 is 34.5. The Kier molecular flexibility index (Phi) is 2.83. The molecule has 0 fully saturated rings. The fourth-order valence-electron chi connectivity index (χ4n) is 1.83. The first kappa shape index (κ1) is 11.9. The predicted octanol–water partition coefficient (Wildman–Crippen LogP) is 1.18. The van der Waals surface area contributed by atoms with E-state index in [1.807, 2.05) is 6.07 Å². The Hall–Kier alpha value is -2.15. The number of fused-ring (bicyclic) bond motifs is 1. The molecule has 0 N–H and O–H groups in total. The number of hydrogen-bond acceptors (Lipinski definition) is 6. The maximum atomic E-state index is 12.0. The fraction of sp³-hybridized carbons (Fsp3) is 0.167. The Morgan fingerprint density at radius 3 is 2.89 bits per heavy atom. The molecule has 0 unspecified atom stereocenters. The van der Waals surface area contributed by atoms with Crippen LogP contribution in [-0.4, -0.2) is 25.2 Å². The topological polar surface area (TPSA) is 78.4 Å². The highest BCUT2D eigenvalue weighted by Crippen LogP contribution is 2.36. The number of hydrogen-bond donors (Lipinski definition) is 0. The van der Waals surface area contributed by atoms with Gasteiger partial charge in [0, 0.05) is 18.2 Å². The molecule has 1 aromatic heterocycles. The second-order valence-corrected chi connectivity index (χ2v) is 5.44. The van der Waals surface area contributed by atoms with Crippen LogP contribution in [0.1, 0.15) is 5.56 Å². The minimum Gasteiger partial charge on any atom is -0.489 e. The maximum Gasteiger partial charge on any atom is 0.358 e. The van der Waals surface area contributed by atoms with Gasteiger partial charge in [-0.1, -0.05) is 12.1 Å². The first-order chi connectivity index (χ1) is 9.17. The summed E-state index contributed by atoms with van der Waals surface area (Å²) in [6, 6.07) is 7.97. The fourth-order valence-corrected chi connectivity index (χ4v) is 2.68. The molecule has 0 radical (unpaired) electrons. The molecule has 0 saturated heterocycles. The molecule has 0 amide bonds. The van der Waals surface area contributed by atoms with Crippen LogP contribution >= 0.6 is 0 Å². The van der Waals surface area contributed by atoms with Crippen LogP contribution in [0.5, 0.6) is 11.5 Å². The standard InChI is InChI=1S/C12H10N2O4S/c15-19(16,11-5-2-7-13-14-11)18-10-4-1-3-9-6-8-17-12(9)10/h1-5,7H,6,8H2. The largest absolute Gasteiger partial charge is 0.489 e. The minimum absolute atomic E-state index is 0.181. The summed E-state index contributed by atoms with van der Waals surface area (Å²) in [5.74, 6) is 0.663. The molecule has 6 nitrogen and oxygen atoms in total. The van der Waals surface area contributed by atoms with E-state index in [-0.39, 0.29) is 10.8 Å². The van der Waals surface area contributed by atoms with Crippen molar-refractivity contribution in [1.82, 2.24) is 10.2 Å². The van der Waals surface area contributed by atoms with Gasteiger partial charge in [-0.05, 0) is 18.2 Å². The number of rotatable bonds is 3. The van der Waals surface area contributed by atoms with Crippen molar-refractivity contribution in [1.29, 1.82) is 0 Å². The molecule has 19 heavy (non-hydrogen) atoms. The van der Waals surface area contributed by atoms with E-state index in [2.05, 4.69) is 10.2 Å². The van der Waals surface area contributed by atoms with E-state index >= 15 is 0 Å². The first-order valence-corrected chi connectivity index (χ1v) is 7.04. The van der Waals surface area contributed by atoms with E-state index in [4.69, 9.17) is 8.92 Å². The normalized spacial score (nSPS) is 13.7. The van der Waals surface area contributed by atoms with Gasteiger partial charge in [0.15, 0.2) is 11.5 Å². The lowest BCUT2D eigenvalue weighted by atomic mass is 10.2. The van der Waals surface area contributed by atoms with Crippen LogP contribution < -0.4 is 8.92 Å². The highest BCUT2D eigenvalue weighted by Gasteiger charge is 2.24. The van der Waals surface area contributed by atoms with E-state index < -0.39 is 10.1 Å². The highest BCUT2D eigenvalue weighted by molar-refractivity contribution is 7.87. The van der Waals surface area contributed by atoms with Crippen LogP contribution in [0.15, 0.2) is 41.6 Å².